The maximum absolute atomic E-state index is 3.72. The summed E-state index contributed by atoms with van der Waals surface area (Å²) in [7, 11) is 0. The van der Waals surface area contributed by atoms with E-state index in [0.717, 1.165) is 0 Å². The lowest BCUT2D eigenvalue weighted by atomic mass is 10.1. The largest absolute Gasteiger partial charge is 0.136 e. The van der Waals surface area contributed by atoms with Crippen LogP contribution < -0.4 is 0 Å². The van der Waals surface area contributed by atoms with Crippen molar-refractivity contribution in [1.82, 2.24) is 0 Å². The lowest BCUT2D eigenvalue weighted by molar-refractivity contribution is 1.19. The van der Waals surface area contributed by atoms with Crippen LogP contribution in [0.1, 0.15) is 21.5 Å². The van der Waals surface area contributed by atoms with Gasteiger partial charge in [-0.2, -0.15) is 0 Å². The molecule has 3 heteroatoms. The molecule has 0 saturated carbocycles. The SMILES string of the molecule is Cc1ccc(C(Br)c2csc(Br)c2)cc1. The number of thiophene rings is 1. The minimum atomic E-state index is 0.292. The summed E-state index contributed by atoms with van der Waals surface area (Å²) in [4.78, 5) is 0.292. The Balaban J connectivity index is 2.28. The Hall–Kier alpha value is -0.120. The minimum Gasteiger partial charge on any atom is -0.136 e. The van der Waals surface area contributed by atoms with Gasteiger partial charge in [-0.25, -0.2) is 0 Å². The molecule has 0 saturated heterocycles. The highest BCUT2D eigenvalue weighted by Crippen LogP contribution is 2.35. The van der Waals surface area contributed by atoms with E-state index in [1.54, 1.807) is 11.3 Å². The van der Waals surface area contributed by atoms with Crippen LogP contribution >= 0.6 is 43.2 Å². The Morgan fingerprint density at radius 1 is 1.13 bits per heavy atom. The van der Waals surface area contributed by atoms with Crippen molar-refractivity contribution in [3.63, 3.8) is 0 Å². The van der Waals surface area contributed by atoms with Gasteiger partial charge in [0.2, 0.25) is 0 Å². The number of benzene rings is 1. The van der Waals surface area contributed by atoms with Crippen molar-refractivity contribution in [3.8, 4) is 0 Å². The van der Waals surface area contributed by atoms with Gasteiger partial charge in [-0.1, -0.05) is 45.8 Å². The number of aryl methyl sites for hydroxylation is 1. The lowest BCUT2D eigenvalue weighted by Crippen LogP contribution is -1.89. The number of rotatable bonds is 2. The second-order valence-electron chi connectivity index (χ2n) is 3.46. The van der Waals surface area contributed by atoms with Gasteiger partial charge in [-0.15, -0.1) is 11.3 Å². The highest BCUT2D eigenvalue weighted by molar-refractivity contribution is 9.11. The van der Waals surface area contributed by atoms with Crippen LogP contribution in [0.2, 0.25) is 0 Å². The first kappa shape index (κ1) is 11.4. The van der Waals surface area contributed by atoms with Gasteiger partial charge in [0.25, 0.3) is 0 Å². The standard InChI is InChI=1S/C12H10Br2S/c1-8-2-4-9(5-3-8)12(14)10-6-11(13)15-7-10/h2-7,12H,1H3. The van der Waals surface area contributed by atoms with Gasteiger partial charge in [0.05, 0.1) is 8.61 Å². The zero-order chi connectivity index (χ0) is 10.8. The van der Waals surface area contributed by atoms with Gasteiger partial charge in [0.15, 0.2) is 0 Å². The molecule has 1 aromatic carbocycles. The average molecular weight is 346 g/mol. The number of hydrogen-bond donors (Lipinski definition) is 0. The Morgan fingerprint density at radius 2 is 1.80 bits per heavy atom. The molecule has 78 valence electrons. The monoisotopic (exact) mass is 344 g/mol. The quantitative estimate of drug-likeness (QED) is 0.647. The second kappa shape index (κ2) is 4.81. The zero-order valence-electron chi connectivity index (χ0n) is 8.21. The summed E-state index contributed by atoms with van der Waals surface area (Å²) in [5, 5.41) is 2.17. The van der Waals surface area contributed by atoms with Crippen molar-refractivity contribution in [3.05, 3.63) is 56.2 Å². The van der Waals surface area contributed by atoms with Crippen LogP contribution in [0.5, 0.6) is 0 Å². The fraction of sp³-hybridized carbons (Fsp3) is 0.167. The predicted octanol–water partition coefficient (Wildman–Crippen LogP) is 5.30. The van der Waals surface area contributed by atoms with Crippen molar-refractivity contribution < 1.29 is 0 Å². The minimum absolute atomic E-state index is 0.292. The third kappa shape index (κ3) is 2.71. The zero-order valence-corrected chi connectivity index (χ0v) is 12.2. The van der Waals surface area contributed by atoms with Crippen molar-refractivity contribution >= 4 is 43.2 Å². The Morgan fingerprint density at radius 3 is 2.33 bits per heavy atom. The molecule has 0 fully saturated rings. The van der Waals surface area contributed by atoms with Crippen LogP contribution in [0.25, 0.3) is 0 Å². The normalized spacial score (nSPS) is 12.7. The molecule has 0 amide bonds. The van der Waals surface area contributed by atoms with E-state index in [-0.39, 0.29) is 0 Å². The number of hydrogen-bond acceptors (Lipinski definition) is 1. The van der Waals surface area contributed by atoms with Gasteiger partial charge in [-0.3, -0.25) is 0 Å². The molecule has 0 aliphatic heterocycles. The van der Waals surface area contributed by atoms with Crippen LogP contribution in [0, 0.1) is 6.92 Å². The van der Waals surface area contributed by atoms with Crippen LogP contribution in [0.3, 0.4) is 0 Å². The van der Waals surface area contributed by atoms with Crippen molar-refractivity contribution in [1.29, 1.82) is 0 Å². The Bertz CT molecular complexity index is 445. The second-order valence-corrected chi connectivity index (χ2v) is 6.66. The summed E-state index contributed by atoms with van der Waals surface area (Å²) in [6.07, 6.45) is 0. The van der Waals surface area contributed by atoms with Crippen molar-refractivity contribution in [2.45, 2.75) is 11.8 Å². The fourth-order valence-corrected chi connectivity index (χ4v) is 3.33. The molecular formula is C12H10Br2S. The van der Waals surface area contributed by atoms with Crippen LogP contribution in [-0.4, -0.2) is 0 Å². The summed E-state index contributed by atoms with van der Waals surface area (Å²) in [6, 6.07) is 10.8. The van der Waals surface area contributed by atoms with Gasteiger partial charge < -0.3 is 0 Å². The molecule has 1 unspecified atom stereocenters. The molecule has 15 heavy (non-hydrogen) atoms. The first-order valence-electron chi connectivity index (χ1n) is 4.61. The summed E-state index contributed by atoms with van der Waals surface area (Å²) in [5.41, 5.74) is 3.89. The first-order chi connectivity index (χ1) is 7.16. The molecule has 0 radical (unpaired) electrons. The van der Waals surface area contributed by atoms with Crippen LogP contribution in [0.4, 0.5) is 0 Å². The Kier molecular flexibility index (Phi) is 3.65. The highest BCUT2D eigenvalue weighted by Gasteiger charge is 2.11. The van der Waals surface area contributed by atoms with E-state index >= 15 is 0 Å². The maximum atomic E-state index is 3.72. The van der Waals surface area contributed by atoms with E-state index in [1.807, 2.05) is 0 Å². The molecule has 0 aliphatic rings. The summed E-state index contributed by atoms with van der Waals surface area (Å²) < 4.78 is 1.18. The Labute approximate surface area is 111 Å². The summed E-state index contributed by atoms with van der Waals surface area (Å²) in [5.74, 6) is 0. The predicted molar refractivity (Wildman–Crippen MR) is 74.0 cm³/mol. The summed E-state index contributed by atoms with van der Waals surface area (Å²) >= 11 is 8.92. The molecule has 0 N–H and O–H groups in total. The lowest BCUT2D eigenvalue weighted by Gasteiger charge is -2.08. The van der Waals surface area contributed by atoms with E-state index in [1.165, 1.54) is 20.5 Å². The third-order valence-electron chi connectivity index (χ3n) is 2.25. The third-order valence-corrected chi connectivity index (χ3v) is 4.83. The van der Waals surface area contributed by atoms with E-state index in [4.69, 9.17) is 0 Å². The molecule has 0 spiro atoms. The molecule has 1 atom stereocenters. The van der Waals surface area contributed by atoms with Gasteiger partial charge in [0, 0.05) is 0 Å². The molecule has 0 bridgehead atoms. The number of alkyl halides is 1. The molecule has 0 nitrogen and oxygen atoms in total. The summed E-state index contributed by atoms with van der Waals surface area (Å²) in [6.45, 7) is 2.11. The molecule has 0 aliphatic carbocycles. The topological polar surface area (TPSA) is 0 Å². The molecule has 2 aromatic rings. The smallest absolute Gasteiger partial charge is 0.0701 e. The van der Waals surface area contributed by atoms with E-state index in [2.05, 4.69) is 74.5 Å². The maximum Gasteiger partial charge on any atom is 0.0701 e. The molecule has 2 rings (SSSR count). The van der Waals surface area contributed by atoms with E-state index < -0.39 is 0 Å². The van der Waals surface area contributed by atoms with Gasteiger partial charge >= 0.3 is 0 Å². The van der Waals surface area contributed by atoms with E-state index in [0.29, 0.717) is 4.83 Å². The van der Waals surface area contributed by atoms with Crippen molar-refractivity contribution in [2.75, 3.05) is 0 Å². The van der Waals surface area contributed by atoms with Crippen LogP contribution in [-0.2, 0) is 0 Å². The molecule has 1 aromatic heterocycles. The van der Waals surface area contributed by atoms with Crippen molar-refractivity contribution in [2.24, 2.45) is 0 Å². The first-order valence-corrected chi connectivity index (χ1v) is 7.20. The molecule has 1 heterocycles. The van der Waals surface area contributed by atoms with Crippen LogP contribution in [0.15, 0.2) is 39.5 Å². The molecular weight excluding hydrogens is 336 g/mol. The number of halogens is 2. The highest BCUT2D eigenvalue weighted by atomic mass is 79.9. The average Bonchev–Trinajstić information content (AvgIpc) is 2.65. The van der Waals surface area contributed by atoms with E-state index in [9.17, 15) is 0 Å². The fourth-order valence-electron chi connectivity index (χ4n) is 1.38. The van der Waals surface area contributed by atoms with Gasteiger partial charge in [0.1, 0.15) is 0 Å². The van der Waals surface area contributed by atoms with Gasteiger partial charge in [-0.05, 0) is 45.4 Å².